The molecule has 0 aliphatic rings. The van der Waals surface area contributed by atoms with Crippen LogP contribution in [0.5, 0.6) is 11.5 Å². The highest BCUT2D eigenvalue weighted by molar-refractivity contribution is 5.91. The van der Waals surface area contributed by atoms with Crippen molar-refractivity contribution in [2.75, 3.05) is 19.5 Å². The molecule has 8 heteroatoms. The van der Waals surface area contributed by atoms with E-state index in [1.807, 2.05) is 12.1 Å². The highest BCUT2D eigenvalue weighted by atomic mass is 16.6. The van der Waals surface area contributed by atoms with Gasteiger partial charge < -0.3 is 20.1 Å². The van der Waals surface area contributed by atoms with Crippen molar-refractivity contribution in [3.05, 3.63) is 58.1 Å². The van der Waals surface area contributed by atoms with E-state index in [-0.39, 0.29) is 11.4 Å². The number of anilines is 1. The Morgan fingerprint density at radius 1 is 1.12 bits per heavy atom. The van der Waals surface area contributed by atoms with Crippen LogP contribution >= 0.6 is 0 Å². The van der Waals surface area contributed by atoms with Gasteiger partial charge >= 0.3 is 6.03 Å². The molecule has 0 unspecified atom stereocenters. The van der Waals surface area contributed by atoms with Crippen molar-refractivity contribution < 1.29 is 19.2 Å². The third-order valence-corrected chi connectivity index (χ3v) is 3.25. The van der Waals surface area contributed by atoms with Crippen LogP contribution in [0.2, 0.25) is 0 Å². The number of nitrogens with zero attached hydrogens (tertiary/aromatic N) is 1. The standard InChI is InChI=1S/C16H17N3O5/c1-23-13-6-3-11(4-7-13)10-17-16(20)18-14-9-12(19(21)22)5-8-15(14)24-2/h3-9H,10H2,1-2H3,(H2,17,18,20). The molecule has 0 bridgehead atoms. The summed E-state index contributed by atoms with van der Waals surface area (Å²) in [7, 11) is 2.99. The van der Waals surface area contributed by atoms with Crippen LogP contribution in [-0.2, 0) is 6.54 Å². The minimum atomic E-state index is -0.542. The van der Waals surface area contributed by atoms with E-state index in [1.54, 1.807) is 19.2 Å². The number of hydrogen-bond acceptors (Lipinski definition) is 5. The molecular weight excluding hydrogens is 314 g/mol. The quantitative estimate of drug-likeness (QED) is 0.626. The van der Waals surface area contributed by atoms with Gasteiger partial charge in [-0.05, 0) is 23.8 Å². The lowest BCUT2D eigenvalue weighted by Gasteiger charge is -2.11. The summed E-state index contributed by atoms with van der Waals surface area (Å²) in [5.74, 6) is 1.06. The van der Waals surface area contributed by atoms with Gasteiger partial charge in [0.1, 0.15) is 11.5 Å². The predicted octanol–water partition coefficient (Wildman–Crippen LogP) is 2.93. The van der Waals surface area contributed by atoms with Crippen molar-refractivity contribution in [2.24, 2.45) is 0 Å². The number of methoxy groups -OCH3 is 2. The summed E-state index contributed by atoms with van der Waals surface area (Å²) in [6.45, 7) is 0.299. The second kappa shape index (κ2) is 7.82. The van der Waals surface area contributed by atoms with Crippen molar-refractivity contribution >= 4 is 17.4 Å². The van der Waals surface area contributed by atoms with Gasteiger partial charge in [-0.15, -0.1) is 0 Å². The number of non-ortho nitro benzene ring substituents is 1. The second-order valence-electron chi connectivity index (χ2n) is 4.80. The van der Waals surface area contributed by atoms with Gasteiger partial charge in [0, 0.05) is 18.7 Å². The van der Waals surface area contributed by atoms with Crippen molar-refractivity contribution in [3.8, 4) is 11.5 Å². The Labute approximate surface area is 138 Å². The maximum Gasteiger partial charge on any atom is 0.319 e. The van der Waals surface area contributed by atoms with Gasteiger partial charge in [-0.3, -0.25) is 10.1 Å². The first-order chi connectivity index (χ1) is 11.5. The van der Waals surface area contributed by atoms with Crippen molar-refractivity contribution in [1.29, 1.82) is 0 Å². The van der Waals surface area contributed by atoms with Crippen LogP contribution in [0, 0.1) is 10.1 Å². The number of nitrogens with one attached hydrogen (secondary N) is 2. The van der Waals surface area contributed by atoms with Crippen LogP contribution in [0.3, 0.4) is 0 Å². The molecule has 126 valence electrons. The van der Waals surface area contributed by atoms with Crippen molar-refractivity contribution in [3.63, 3.8) is 0 Å². The zero-order valence-electron chi connectivity index (χ0n) is 13.2. The largest absolute Gasteiger partial charge is 0.497 e. The first kappa shape index (κ1) is 17.1. The number of hydrogen-bond donors (Lipinski definition) is 2. The Bertz CT molecular complexity index is 731. The molecule has 0 aliphatic carbocycles. The molecule has 8 nitrogen and oxygen atoms in total. The molecule has 0 fully saturated rings. The molecule has 0 spiro atoms. The first-order valence-electron chi connectivity index (χ1n) is 7.03. The van der Waals surface area contributed by atoms with Gasteiger partial charge in [0.2, 0.25) is 0 Å². The Morgan fingerprint density at radius 3 is 2.42 bits per heavy atom. The third-order valence-electron chi connectivity index (χ3n) is 3.25. The summed E-state index contributed by atoms with van der Waals surface area (Å²) in [5.41, 5.74) is 0.970. The van der Waals surface area contributed by atoms with E-state index >= 15 is 0 Å². The molecule has 0 heterocycles. The monoisotopic (exact) mass is 331 g/mol. The molecule has 24 heavy (non-hydrogen) atoms. The molecule has 0 saturated carbocycles. The Hall–Kier alpha value is -3.29. The summed E-state index contributed by atoms with van der Waals surface area (Å²) in [6, 6.07) is 10.7. The zero-order chi connectivity index (χ0) is 17.5. The van der Waals surface area contributed by atoms with Gasteiger partial charge in [-0.2, -0.15) is 0 Å². The van der Waals surface area contributed by atoms with Crippen LogP contribution in [0.1, 0.15) is 5.56 Å². The number of carbonyl (C=O) groups excluding carboxylic acids is 1. The molecule has 2 amide bonds. The number of nitro groups is 1. The molecular formula is C16H17N3O5. The first-order valence-corrected chi connectivity index (χ1v) is 7.03. The van der Waals surface area contributed by atoms with Crippen molar-refractivity contribution in [1.82, 2.24) is 5.32 Å². The highest BCUT2D eigenvalue weighted by Gasteiger charge is 2.13. The lowest BCUT2D eigenvalue weighted by atomic mass is 10.2. The summed E-state index contributed by atoms with van der Waals surface area (Å²) in [5, 5.41) is 16.0. The fourth-order valence-corrected chi connectivity index (χ4v) is 2.00. The minimum absolute atomic E-state index is 0.138. The second-order valence-corrected chi connectivity index (χ2v) is 4.80. The third kappa shape index (κ3) is 4.35. The number of urea groups is 1. The van der Waals surface area contributed by atoms with E-state index in [0.717, 1.165) is 11.3 Å². The molecule has 0 saturated heterocycles. The number of ether oxygens (including phenoxy) is 2. The molecule has 0 atom stereocenters. The number of nitro benzene ring substituents is 1. The Kier molecular flexibility index (Phi) is 5.56. The normalized spacial score (nSPS) is 9.92. The number of carbonyl (C=O) groups is 1. The van der Waals surface area contributed by atoms with Crippen LogP contribution in [0.4, 0.5) is 16.2 Å². The average Bonchev–Trinajstić information content (AvgIpc) is 2.60. The van der Waals surface area contributed by atoms with Crippen LogP contribution in [-0.4, -0.2) is 25.2 Å². The smallest absolute Gasteiger partial charge is 0.319 e. The van der Waals surface area contributed by atoms with E-state index in [1.165, 1.54) is 25.3 Å². The van der Waals surface area contributed by atoms with Crippen LogP contribution in [0.25, 0.3) is 0 Å². The summed E-state index contributed by atoms with van der Waals surface area (Å²) >= 11 is 0. The maximum absolute atomic E-state index is 12.0. The maximum atomic E-state index is 12.0. The van der Waals surface area contributed by atoms with Gasteiger partial charge in [0.25, 0.3) is 5.69 Å². The molecule has 2 rings (SSSR count). The van der Waals surface area contributed by atoms with Crippen LogP contribution < -0.4 is 20.1 Å². The molecule has 0 radical (unpaired) electrons. The van der Waals surface area contributed by atoms with Gasteiger partial charge in [0.05, 0.1) is 24.8 Å². The lowest BCUT2D eigenvalue weighted by molar-refractivity contribution is -0.384. The van der Waals surface area contributed by atoms with Crippen molar-refractivity contribution in [2.45, 2.75) is 6.54 Å². The van der Waals surface area contributed by atoms with E-state index < -0.39 is 11.0 Å². The minimum Gasteiger partial charge on any atom is -0.497 e. The van der Waals surface area contributed by atoms with Gasteiger partial charge in [-0.25, -0.2) is 4.79 Å². The SMILES string of the molecule is COc1ccc(CNC(=O)Nc2cc([N+](=O)[O-])ccc2OC)cc1. The molecule has 2 aromatic rings. The number of rotatable bonds is 6. The van der Waals surface area contributed by atoms with E-state index in [4.69, 9.17) is 9.47 Å². The summed E-state index contributed by atoms with van der Waals surface area (Å²) in [6.07, 6.45) is 0. The fourth-order valence-electron chi connectivity index (χ4n) is 2.00. The van der Waals surface area contributed by atoms with E-state index in [2.05, 4.69) is 10.6 Å². The summed E-state index contributed by atoms with van der Waals surface area (Å²) < 4.78 is 10.2. The van der Waals surface area contributed by atoms with Gasteiger partial charge in [0.15, 0.2) is 0 Å². The zero-order valence-corrected chi connectivity index (χ0v) is 13.2. The van der Waals surface area contributed by atoms with Gasteiger partial charge in [-0.1, -0.05) is 12.1 Å². The number of amides is 2. The number of benzene rings is 2. The fraction of sp³-hybridized carbons (Fsp3) is 0.188. The Balaban J connectivity index is 2.00. The average molecular weight is 331 g/mol. The Morgan fingerprint density at radius 2 is 1.83 bits per heavy atom. The molecule has 2 aromatic carbocycles. The van der Waals surface area contributed by atoms with E-state index in [0.29, 0.717) is 12.3 Å². The topological polar surface area (TPSA) is 103 Å². The summed E-state index contributed by atoms with van der Waals surface area (Å²) in [4.78, 5) is 22.3. The van der Waals surface area contributed by atoms with E-state index in [9.17, 15) is 14.9 Å². The van der Waals surface area contributed by atoms with Crippen LogP contribution in [0.15, 0.2) is 42.5 Å². The molecule has 0 aromatic heterocycles. The highest BCUT2D eigenvalue weighted by Crippen LogP contribution is 2.28. The molecule has 0 aliphatic heterocycles. The predicted molar refractivity (Wildman–Crippen MR) is 88.5 cm³/mol. The molecule has 2 N–H and O–H groups in total. The lowest BCUT2D eigenvalue weighted by Crippen LogP contribution is -2.28.